The summed E-state index contributed by atoms with van der Waals surface area (Å²) in [5, 5.41) is 29.5. The van der Waals surface area contributed by atoms with Crippen LogP contribution in [0.3, 0.4) is 0 Å². The third kappa shape index (κ3) is 7.44. The summed E-state index contributed by atoms with van der Waals surface area (Å²) in [4.78, 5) is 3.80. The molecule has 0 spiro atoms. The highest BCUT2D eigenvalue weighted by atomic mass is 19.1. The molecule has 6 rings (SSSR count). The van der Waals surface area contributed by atoms with Crippen LogP contribution >= 0.6 is 0 Å². The van der Waals surface area contributed by atoms with Gasteiger partial charge >= 0.3 is 0 Å². The molecule has 0 saturated carbocycles. The zero-order valence-corrected chi connectivity index (χ0v) is 23.5. The molecule has 218 valence electrons. The standard InChI is InChI=1S/C18H11FN2O2.C18H11FN2O/c19-18-12-21(22)11-17(16(18)10-20)13-6-8-15(9-7-13)23-14-4-2-1-3-5-14;19-18-12-21-11-17(16(18)10-20)13-6-8-15(9-7-13)22-14-4-2-1-3-5-14/h1-9,11-12H;1-9,11-12H. The Balaban J connectivity index is 0.000000178. The maximum atomic E-state index is 13.7. The summed E-state index contributed by atoms with van der Waals surface area (Å²) in [7, 11) is 0. The van der Waals surface area contributed by atoms with Gasteiger partial charge in [-0.25, -0.2) is 4.39 Å². The van der Waals surface area contributed by atoms with Crippen LogP contribution in [0.5, 0.6) is 23.0 Å². The lowest BCUT2D eigenvalue weighted by molar-refractivity contribution is -0.606. The molecule has 0 fully saturated rings. The van der Waals surface area contributed by atoms with Crippen molar-refractivity contribution in [2.45, 2.75) is 0 Å². The largest absolute Gasteiger partial charge is 0.619 e. The molecule has 7 nitrogen and oxygen atoms in total. The number of rotatable bonds is 6. The van der Waals surface area contributed by atoms with Crippen molar-refractivity contribution in [3.63, 3.8) is 0 Å². The zero-order chi connectivity index (χ0) is 31.6. The molecular formula is C36H22F2N4O3. The average Bonchev–Trinajstić information content (AvgIpc) is 3.06. The van der Waals surface area contributed by atoms with Gasteiger partial charge in [-0.2, -0.15) is 19.6 Å². The maximum absolute atomic E-state index is 13.7. The van der Waals surface area contributed by atoms with E-state index in [-0.39, 0.29) is 16.7 Å². The molecule has 0 amide bonds. The quantitative estimate of drug-likeness (QED) is 0.141. The number of nitrogens with zero attached hydrogens (tertiary/aromatic N) is 4. The van der Waals surface area contributed by atoms with Gasteiger partial charge in [0.25, 0.3) is 0 Å². The molecule has 6 aromatic rings. The summed E-state index contributed by atoms with van der Waals surface area (Å²) in [5.41, 5.74) is 1.82. The topological polar surface area (TPSA) is 106 Å². The highest BCUT2D eigenvalue weighted by molar-refractivity contribution is 5.71. The van der Waals surface area contributed by atoms with E-state index in [0.29, 0.717) is 38.7 Å². The van der Waals surface area contributed by atoms with Gasteiger partial charge in [0, 0.05) is 11.8 Å². The van der Waals surface area contributed by atoms with Crippen LogP contribution in [0.1, 0.15) is 11.1 Å². The predicted octanol–water partition coefficient (Wildman–Crippen LogP) is 8.34. The van der Waals surface area contributed by atoms with E-state index >= 15 is 0 Å². The molecule has 0 aliphatic carbocycles. The molecule has 0 radical (unpaired) electrons. The number of nitriles is 2. The number of aromatic nitrogens is 2. The third-order valence-electron chi connectivity index (χ3n) is 6.42. The molecule has 0 saturated heterocycles. The minimum absolute atomic E-state index is 0.00766. The van der Waals surface area contributed by atoms with Gasteiger partial charge in [-0.05, 0) is 59.7 Å². The van der Waals surface area contributed by atoms with Gasteiger partial charge in [0.05, 0.1) is 17.3 Å². The number of pyridine rings is 2. The first-order chi connectivity index (χ1) is 21.9. The van der Waals surface area contributed by atoms with Crippen LogP contribution in [0.25, 0.3) is 22.3 Å². The Morgan fingerprint density at radius 1 is 0.556 bits per heavy atom. The van der Waals surface area contributed by atoms with Crippen LogP contribution in [0, 0.1) is 39.5 Å². The second-order valence-corrected chi connectivity index (χ2v) is 9.40. The Morgan fingerprint density at radius 2 is 1.00 bits per heavy atom. The Bertz CT molecular complexity index is 1990. The van der Waals surface area contributed by atoms with Gasteiger partial charge in [-0.15, -0.1) is 0 Å². The summed E-state index contributed by atoms with van der Waals surface area (Å²) in [5.74, 6) is 1.23. The predicted molar refractivity (Wildman–Crippen MR) is 163 cm³/mol. The first-order valence-corrected chi connectivity index (χ1v) is 13.5. The van der Waals surface area contributed by atoms with Crippen LogP contribution in [0.4, 0.5) is 8.78 Å². The lowest BCUT2D eigenvalue weighted by Crippen LogP contribution is -2.26. The number of benzene rings is 4. The number of ether oxygens (including phenoxy) is 2. The molecule has 9 heteroatoms. The van der Waals surface area contributed by atoms with Gasteiger partial charge in [-0.1, -0.05) is 60.7 Å². The SMILES string of the molecule is N#Cc1c(F)c[n+]([O-])cc1-c1ccc(Oc2ccccc2)cc1.N#Cc1c(F)cncc1-c1ccc(Oc2ccccc2)cc1. The number of halogens is 2. The van der Waals surface area contributed by atoms with Gasteiger partial charge < -0.3 is 14.7 Å². The monoisotopic (exact) mass is 596 g/mol. The van der Waals surface area contributed by atoms with E-state index in [1.54, 1.807) is 54.6 Å². The Morgan fingerprint density at radius 3 is 1.49 bits per heavy atom. The molecule has 0 atom stereocenters. The van der Waals surface area contributed by atoms with E-state index in [9.17, 15) is 14.0 Å². The summed E-state index contributed by atoms with van der Waals surface area (Å²) in [6, 6.07) is 36.2. The Hall–Kier alpha value is -6.58. The van der Waals surface area contributed by atoms with Crippen molar-refractivity contribution < 1.29 is 23.0 Å². The van der Waals surface area contributed by atoms with Crippen molar-refractivity contribution in [1.29, 1.82) is 10.5 Å². The molecule has 0 aliphatic rings. The van der Waals surface area contributed by atoms with Crippen molar-refractivity contribution >= 4 is 0 Å². The van der Waals surface area contributed by atoms with Crippen LogP contribution in [-0.4, -0.2) is 4.98 Å². The second kappa shape index (κ2) is 14.1. The molecule has 0 unspecified atom stereocenters. The van der Waals surface area contributed by atoms with Crippen LogP contribution < -0.4 is 14.2 Å². The van der Waals surface area contributed by atoms with Crippen molar-refractivity contribution in [2.24, 2.45) is 0 Å². The minimum Gasteiger partial charge on any atom is -0.619 e. The van der Waals surface area contributed by atoms with Crippen LogP contribution in [-0.2, 0) is 0 Å². The summed E-state index contributed by atoms with van der Waals surface area (Å²) in [6.07, 6.45) is 4.42. The van der Waals surface area contributed by atoms with Crippen molar-refractivity contribution in [1.82, 2.24) is 4.98 Å². The molecule has 45 heavy (non-hydrogen) atoms. The zero-order valence-electron chi connectivity index (χ0n) is 23.5. The van der Waals surface area contributed by atoms with Gasteiger partial charge in [0.1, 0.15) is 40.7 Å². The van der Waals surface area contributed by atoms with Crippen LogP contribution in [0.2, 0.25) is 0 Å². The number of hydrogen-bond acceptors (Lipinski definition) is 6. The van der Waals surface area contributed by atoms with Crippen molar-refractivity contribution in [3.8, 4) is 57.4 Å². The molecule has 0 bridgehead atoms. The fourth-order valence-electron chi connectivity index (χ4n) is 4.29. The highest BCUT2D eigenvalue weighted by Gasteiger charge is 2.16. The Kier molecular flexibility index (Phi) is 9.34. The highest BCUT2D eigenvalue weighted by Crippen LogP contribution is 2.29. The van der Waals surface area contributed by atoms with E-state index in [2.05, 4.69) is 4.98 Å². The Labute approximate surface area is 257 Å². The van der Waals surface area contributed by atoms with E-state index in [1.165, 1.54) is 12.4 Å². The summed E-state index contributed by atoms with van der Waals surface area (Å²) in [6.45, 7) is 0. The first kappa shape index (κ1) is 29.9. The van der Waals surface area contributed by atoms with Crippen molar-refractivity contribution in [2.75, 3.05) is 0 Å². The average molecular weight is 597 g/mol. The fourth-order valence-corrected chi connectivity index (χ4v) is 4.29. The molecule has 2 heterocycles. The second-order valence-electron chi connectivity index (χ2n) is 9.40. The van der Waals surface area contributed by atoms with Gasteiger partial charge in [0.2, 0.25) is 12.0 Å². The minimum atomic E-state index is -0.843. The maximum Gasteiger partial charge on any atom is 0.217 e. The molecule has 0 aliphatic heterocycles. The summed E-state index contributed by atoms with van der Waals surface area (Å²) < 4.78 is 39.0. The fraction of sp³-hybridized carbons (Fsp3) is 0. The van der Waals surface area contributed by atoms with E-state index in [1.807, 2.05) is 66.7 Å². The number of para-hydroxylation sites is 2. The van der Waals surface area contributed by atoms with E-state index in [4.69, 9.17) is 20.0 Å². The molecular weight excluding hydrogens is 574 g/mol. The summed E-state index contributed by atoms with van der Waals surface area (Å²) >= 11 is 0. The molecule has 2 aromatic heterocycles. The van der Waals surface area contributed by atoms with Crippen molar-refractivity contribution in [3.05, 3.63) is 162 Å². The van der Waals surface area contributed by atoms with Gasteiger partial charge in [0.15, 0.2) is 12.0 Å². The van der Waals surface area contributed by atoms with Crippen LogP contribution in [0.15, 0.2) is 134 Å². The van der Waals surface area contributed by atoms with E-state index in [0.717, 1.165) is 18.1 Å². The number of hydrogen-bond donors (Lipinski definition) is 0. The normalized spacial score (nSPS) is 10.0. The smallest absolute Gasteiger partial charge is 0.217 e. The van der Waals surface area contributed by atoms with Gasteiger partial charge in [-0.3, -0.25) is 4.98 Å². The van der Waals surface area contributed by atoms with E-state index < -0.39 is 11.6 Å². The first-order valence-electron chi connectivity index (χ1n) is 13.5. The molecule has 4 aromatic carbocycles. The third-order valence-corrected chi connectivity index (χ3v) is 6.42. The lowest BCUT2D eigenvalue weighted by atomic mass is 10.0. The molecule has 0 N–H and O–H groups in total. The lowest BCUT2D eigenvalue weighted by Gasteiger charge is -2.08.